The van der Waals surface area contributed by atoms with Gasteiger partial charge in [0.05, 0.1) is 11.4 Å². The number of amides is 1. The third kappa shape index (κ3) is 6.80. The number of ether oxygens (including phenoxy) is 2. The number of fused-ring (bicyclic) bond motifs is 1. The van der Waals surface area contributed by atoms with Crippen LogP contribution in [0.2, 0.25) is 0 Å². The summed E-state index contributed by atoms with van der Waals surface area (Å²) in [5.41, 5.74) is 5.32. The summed E-state index contributed by atoms with van der Waals surface area (Å²) in [7, 11) is -2.46. The van der Waals surface area contributed by atoms with Crippen LogP contribution in [0.1, 0.15) is 40.7 Å². The monoisotopic (exact) mass is 584 g/mol. The average Bonchev–Trinajstić information content (AvgIpc) is 3.02. The third-order valence-electron chi connectivity index (χ3n) is 7.00. The number of aryl methyl sites for hydroxylation is 1. The predicted molar refractivity (Wildman–Crippen MR) is 161 cm³/mol. The lowest BCUT2D eigenvalue weighted by Gasteiger charge is -2.27. The maximum Gasteiger partial charge on any atom is 0.414 e. The molecule has 0 radical (unpaired) electrons. The number of rotatable bonds is 9. The SMILES string of the molecule is Cc1ccc(S(=O)(=O)ON=C2CCCc3c2ccc(OCc2ccccc2)c3N(C)C(=O)OCc2ccccc2)cc1. The van der Waals surface area contributed by atoms with Crippen LogP contribution in [-0.4, -0.2) is 27.3 Å². The van der Waals surface area contributed by atoms with E-state index in [-0.39, 0.29) is 11.5 Å². The zero-order valence-electron chi connectivity index (χ0n) is 23.5. The van der Waals surface area contributed by atoms with E-state index in [0.29, 0.717) is 48.6 Å². The molecule has 216 valence electrons. The molecule has 0 aromatic heterocycles. The maximum absolute atomic E-state index is 13.3. The van der Waals surface area contributed by atoms with E-state index in [4.69, 9.17) is 13.8 Å². The quantitative estimate of drug-likeness (QED) is 0.201. The highest BCUT2D eigenvalue weighted by atomic mass is 32.2. The van der Waals surface area contributed by atoms with Gasteiger partial charge >= 0.3 is 16.2 Å². The smallest absolute Gasteiger partial charge is 0.414 e. The number of nitrogens with zero attached hydrogens (tertiary/aromatic N) is 2. The van der Waals surface area contributed by atoms with Gasteiger partial charge in [0.15, 0.2) is 0 Å². The molecule has 0 aliphatic heterocycles. The second kappa shape index (κ2) is 12.9. The van der Waals surface area contributed by atoms with E-state index < -0.39 is 16.2 Å². The summed E-state index contributed by atoms with van der Waals surface area (Å²) in [5, 5.41) is 4.09. The van der Waals surface area contributed by atoms with Crippen LogP contribution in [0.5, 0.6) is 5.75 Å². The summed E-state index contributed by atoms with van der Waals surface area (Å²) >= 11 is 0. The lowest BCUT2D eigenvalue weighted by atomic mass is 9.88. The summed E-state index contributed by atoms with van der Waals surface area (Å²) in [6.07, 6.45) is 1.29. The molecule has 8 nitrogen and oxygen atoms in total. The Balaban J connectivity index is 1.45. The van der Waals surface area contributed by atoms with E-state index in [0.717, 1.165) is 22.3 Å². The molecule has 0 saturated carbocycles. The van der Waals surface area contributed by atoms with Crippen molar-refractivity contribution in [3.63, 3.8) is 0 Å². The van der Waals surface area contributed by atoms with Crippen molar-refractivity contribution < 1.29 is 27.0 Å². The summed E-state index contributed by atoms with van der Waals surface area (Å²) < 4.78 is 42.6. The summed E-state index contributed by atoms with van der Waals surface area (Å²) in [5.74, 6) is 0.506. The molecule has 1 amide bonds. The molecule has 1 aliphatic carbocycles. The minimum atomic E-state index is -4.10. The summed E-state index contributed by atoms with van der Waals surface area (Å²) in [6, 6.07) is 29.2. The second-order valence-corrected chi connectivity index (χ2v) is 11.6. The molecule has 0 unspecified atom stereocenters. The van der Waals surface area contributed by atoms with Gasteiger partial charge in [-0.1, -0.05) is 83.5 Å². The Kier molecular flexibility index (Phi) is 8.88. The van der Waals surface area contributed by atoms with Gasteiger partial charge in [-0.25, -0.2) is 4.79 Å². The number of carbonyl (C=O) groups is 1. The van der Waals surface area contributed by atoms with Gasteiger partial charge in [-0.15, -0.1) is 0 Å². The first-order valence-electron chi connectivity index (χ1n) is 13.7. The second-order valence-electron chi connectivity index (χ2n) is 10.0. The molecule has 0 fully saturated rings. The lowest BCUT2D eigenvalue weighted by molar-refractivity contribution is 0.148. The number of anilines is 1. The molecule has 4 aromatic carbocycles. The van der Waals surface area contributed by atoms with Crippen molar-refractivity contribution in [1.29, 1.82) is 0 Å². The number of oxime groups is 1. The fourth-order valence-corrected chi connectivity index (χ4v) is 5.51. The van der Waals surface area contributed by atoms with E-state index >= 15 is 0 Å². The van der Waals surface area contributed by atoms with Crippen molar-refractivity contribution in [1.82, 2.24) is 0 Å². The first-order chi connectivity index (χ1) is 20.3. The van der Waals surface area contributed by atoms with E-state index in [2.05, 4.69) is 5.16 Å². The molecular formula is C33H32N2O6S. The van der Waals surface area contributed by atoms with E-state index in [1.807, 2.05) is 73.7 Å². The predicted octanol–water partition coefficient (Wildman–Crippen LogP) is 6.79. The number of hydrogen-bond acceptors (Lipinski definition) is 7. The van der Waals surface area contributed by atoms with Gasteiger partial charge in [0.1, 0.15) is 23.9 Å². The topological polar surface area (TPSA) is 94.5 Å². The number of hydrogen-bond donors (Lipinski definition) is 0. The average molecular weight is 585 g/mol. The molecular weight excluding hydrogens is 552 g/mol. The van der Waals surface area contributed by atoms with E-state index in [1.54, 1.807) is 25.2 Å². The Bertz CT molecular complexity index is 1670. The van der Waals surface area contributed by atoms with Crippen molar-refractivity contribution in [2.45, 2.75) is 44.3 Å². The van der Waals surface area contributed by atoms with Gasteiger partial charge in [-0.2, -0.15) is 8.42 Å². The van der Waals surface area contributed by atoms with Crippen molar-refractivity contribution in [2.24, 2.45) is 5.16 Å². The third-order valence-corrected chi connectivity index (χ3v) is 8.12. The fourth-order valence-electron chi connectivity index (χ4n) is 4.77. The van der Waals surface area contributed by atoms with Crippen LogP contribution >= 0.6 is 0 Å². The van der Waals surface area contributed by atoms with Crippen LogP contribution in [0.15, 0.2) is 107 Å². The molecule has 42 heavy (non-hydrogen) atoms. The number of carbonyl (C=O) groups excluding carboxylic acids is 1. The Hall–Kier alpha value is -4.63. The molecule has 9 heteroatoms. The van der Waals surface area contributed by atoms with Gasteiger partial charge in [0.25, 0.3) is 0 Å². The highest BCUT2D eigenvalue weighted by molar-refractivity contribution is 7.86. The Morgan fingerprint density at radius 2 is 1.48 bits per heavy atom. The van der Waals surface area contributed by atoms with Gasteiger partial charge in [0, 0.05) is 12.6 Å². The van der Waals surface area contributed by atoms with Gasteiger partial charge < -0.3 is 9.47 Å². The van der Waals surface area contributed by atoms with Crippen LogP contribution in [0.4, 0.5) is 10.5 Å². The van der Waals surface area contributed by atoms with Crippen molar-refractivity contribution in [3.8, 4) is 5.75 Å². The Labute approximate surface area is 246 Å². The maximum atomic E-state index is 13.3. The van der Waals surface area contributed by atoms with Crippen LogP contribution in [-0.2, 0) is 38.8 Å². The normalized spacial score (nSPS) is 13.7. The molecule has 1 aliphatic rings. The zero-order valence-corrected chi connectivity index (χ0v) is 24.3. The Morgan fingerprint density at radius 3 is 2.14 bits per heavy atom. The lowest BCUT2D eigenvalue weighted by Crippen LogP contribution is -2.30. The molecule has 0 heterocycles. The number of benzene rings is 4. The van der Waals surface area contributed by atoms with Crippen molar-refractivity contribution >= 4 is 27.6 Å². The van der Waals surface area contributed by atoms with Gasteiger partial charge in [-0.3, -0.25) is 9.18 Å². The fraction of sp³-hybridized carbons (Fsp3) is 0.212. The van der Waals surface area contributed by atoms with Crippen molar-refractivity contribution in [2.75, 3.05) is 11.9 Å². The molecule has 0 N–H and O–H groups in total. The van der Waals surface area contributed by atoms with E-state index in [1.165, 1.54) is 17.0 Å². The minimum absolute atomic E-state index is 0.0275. The first kappa shape index (κ1) is 28.9. The van der Waals surface area contributed by atoms with Crippen LogP contribution < -0.4 is 9.64 Å². The highest BCUT2D eigenvalue weighted by Crippen LogP contribution is 2.39. The molecule has 0 spiro atoms. The molecule has 0 atom stereocenters. The van der Waals surface area contributed by atoms with Crippen LogP contribution in [0.25, 0.3) is 0 Å². The minimum Gasteiger partial charge on any atom is -0.487 e. The van der Waals surface area contributed by atoms with Crippen LogP contribution in [0.3, 0.4) is 0 Å². The van der Waals surface area contributed by atoms with Gasteiger partial charge in [-0.05, 0) is 67.1 Å². The summed E-state index contributed by atoms with van der Waals surface area (Å²) in [4.78, 5) is 14.7. The first-order valence-corrected chi connectivity index (χ1v) is 15.1. The zero-order chi connectivity index (χ0) is 29.5. The summed E-state index contributed by atoms with van der Waals surface area (Å²) in [6.45, 7) is 2.30. The van der Waals surface area contributed by atoms with E-state index in [9.17, 15) is 13.2 Å². The largest absolute Gasteiger partial charge is 0.487 e. The molecule has 5 rings (SSSR count). The Morgan fingerprint density at radius 1 is 0.833 bits per heavy atom. The molecule has 0 bridgehead atoms. The molecule has 0 saturated heterocycles. The van der Waals surface area contributed by atoms with Crippen LogP contribution in [0, 0.1) is 6.92 Å². The van der Waals surface area contributed by atoms with Crippen molar-refractivity contribution in [3.05, 3.63) is 125 Å². The van der Waals surface area contributed by atoms with Gasteiger partial charge in [0.2, 0.25) is 0 Å². The molecule has 4 aromatic rings. The highest BCUT2D eigenvalue weighted by Gasteiger charge is 2.28. The standard InChI is InChI=1S/C33H32N2O6S/c1-24-16-18-27(19-17-24)42(37,38)41-34-30-15-9-14-29-28(30)20-21-31(39-22-25-10-5-3-6-11-25)32(29)35(2)33(36)40-23-26-12-7-4-8-13-26/h3-8,10-13,16-21H,9,14-15,22-23H2,1-2H3.